The molecule has 446 valence electrons. The van der Waals surface area contributed by atoms with E-state index in [4.69, 9.17) is 23.7 Å². The summed E-state index contributed by atoms with van der Waals surface area (Å²) < 4.78 is 28.5. The highest BCUT2D eigenvalue weighted by Gasteiger charge is 2.50. The monoisotopic (exact) mass is 1090 g/mol. The molecule has 77 heavy (non-hydrogen) atoms. The van der Waals surface area contributed by atoms with Gasteiger partial charge in [-0.25, -0.2) is 4.79 Å². The van der Waals surface area contributed by atoms with E-state index < -0.39 is 67.3 Å². The number of hydrogen-bond acceptors (Lipinski definition) is 11. The number of carbonyl (C=O) groups is 4. The zero-order chi connectivity index (χ0) is 56.1. The summed E-state index contributed by atoms with van der Waals surface area (Å²) in [5.74, 6) is -3.13. The zero-order valence-electron chi connectivity index (χ0n) is 49.2. The molecule has 12 heteroatoms. The molecule has 3 N–H and O–H groups in total. The molecule has 0 saturated carbocycles. The van der Waals surface area contributed by atoms with E-state index in [9.17, 15) is 34.5 Å². The maximum atomic E-state index is 13.2. The maximum absolute atomic E-state index is 13.2. The number of carbonyl (C=O) groups excluding carboxylic acids is 3. The van der Waals surface area contributed by atoms with Crippen molar-refractivity contribution in [3.8, 4) is 0 Å². The van der Waals surface area contributed by atoms with Gasteiger partial charge in [0.25, 0.3) is 0 Å². The number of rotatable bonds is 54. The van der Waals surface area contributed by atoms with Gasteiger partial charge in [0.2, 0.25) is 0 Å². The van der Waals surface area contributed by atoms with E-state index in [1.807, 2.05) is 0 Å². The minimum Gasteiger partial charge on any atom is -0.479 e. The van der Waals surface area contributed by atoms with Crippen LogP contribution in [0.15, 0.2) is 48.6 Å². The van der Waals surface area contributed by atoms with Gasteiger partial charge >= 0.3 is 23.9 Å². The van der Waals surface area contributed by atoms with Gasteiger partial charge in [0, 0.05) is 19.3 Å². The molecule has 0 radical (unpaired) electrons. The summed E-state index contributed by atoms with van der Waals surface area (Å²) in [7, 11) is 0. The van der Waals surface area contributed by atoms with Crippen LogP contribution in [0.1, 0.15) is 290 Å². The van der Waals surface area contributed by atoms with Gasteiger partial charge in [-0.15, -0.1) is 0 Å². The molecule has 12 nitrogen and oxygen atoms in total. The number of aliphatic carboxylic acids is 1. The number of esters is 3. The number of carboxylic acid groups (broad SMARTS) is 1. The number of aliphatic hydroxyl groups is 2. The molecule has 1 aliphatic rings. The first kappa shape index (κ1) is 71.7. The molecular formula is C65H114O12. The van der Waals surface area contributed by atoms with Gasteiger partial charge < -0.3 is 39.0 Å². The zero-order valence-corrected chi connectivity index (χ0v) is 49.2. The van der Waals surface area contributed by atoms with Crippen molar-refractivity contribution in [1.29, 1.82) is 0 Å². The van der Waals surface area contributed by atoms with Crippen LogP contribution in [0.25, 0.3) is 0 Å². The molecule has 0 aromatic carbocycles. The van der Waals surface area contributed by atoms with Crippen molar-refractivity contribution < 1.29 is 58.2 Å². The molecule has 1 heterocycles. The van der Waals surface area contributed by atoms with E-state index in [1.54, 1.807) is 0 Å². The molecule has 6 atom stereocenters. The van der Waals surface area contributed by atoms with Crippen LogP contribution in [-0.4, -0.2) is 89.2 Å². The Kier molecular flexibility index (Phi) is 49.7. The Hall–Kier alpha value is -3.32. The molecular weight excluding hydrogens is 973 g/mol. The summed E-state index contributed by atoms with van der Waals surface area (Å²) in [4.78, 5) is 51.2. The number of ether oxygens (including phenoxy) is 5. The summed E-state index contributed by atoms with van der Waals surface area (Å²) in [6, 6.07) is 0. The Morgan fingerprint density at radius 1 is 0.429 bits per heavy atom. The Labute approximate surface area is 469 Å². The highest BCUT2D eigenvalue weighted by Crippen LogP contribution is 2.27. The first-order chi connectivity index (χ1) is 37.6. The second kappa shape index (κ2) is 53.3. The largest absolute Gasteiger partial charge is 0.479 e. The van der Waals surface area contributed by atoms with Gasteiger partial charge in [-0.05, 0) is 103 Å². The quantitative estimate of drug-likeness (QED) is 0.0228. The molecule has 0 amide bonds. The standard InChI is InChI=1S/C65H114O12/c1-4-7-10-13-16-19-22-25-28-29-32-35-38-41-44-47-50-53-59(68)76-63-61(70)60(69)62(64(71)72)77-65(63)74-55-56(75-58(67)52-49-46-43-40-37-34-31-27-24-21-18-15-12-9-6-3)54-73-57(66)51-48-45-42-39-36-33-30-26-23-20-17-14-11-8-5-2/h17,20,25-28,30-31,56,60-63,65,69-70H,4-16,18-19,21-24,29,32-55H2,1-3H3,(H,71,72)/b20-17-,28-25-,30-26-,31-27-. The predicted octanol–water partition coefficient (Wildman–Crippen LogP) is 16.6. The van der Waals surface area contributed by atoms with Crippen LogP contribution in [-0.2, 0) is 42.9 Å². The number of unbranched alkanes of at least 4 members (excludes halogenated alkanes) is 32. The van der Waals surface area contributed by atoms with Crippen LogP contribution in [0, 0.1) is 0 Å². The Balaban J connectivity index is 2.68. The SMILES string of the molecule is CCCCC/C=C\C/C=C\CCCCCCCC(=O)OCC(COC1OC(C(=O)O)C(O)C(O)C1OC(=O)CCCCCCCCC/C=C\CCCCCCCC)OC(=O)CCCCCCC/C=C\CCCCCCCC. The summed E-state index contributed by atoms with van der Waals surface area (Å²) in [5.41, 5.74) is 0. The number of hydrogen-bond donors (Lipinski definition) is 3. The fraction of sp³-hybridized carbons (Fsp3) is 0.815. The van der Waals surface area contributed by atoms with E-state index in [1.165, 1.54) is 116 Å². The molecule has 0 aromatic heterocycles. The van der Waals surface area contributed by atoms with E-state index in [0.29, 0.717) is 19.3 Å². The topological polar surface area (TPSA) is 175 Å². The van der Waals surface area contributed by atoms with Crippen molar-refractivity contribution in [2.75, 3.05) is 13.2 Å². The Bertz CT molecular complexity index is 1520. The lowest BCUT2D eigenvalue weighted by molar-refractivity contribution is -0.301. The molecule has 0 aliphatic carbocycles. The van der Waals surface area contributed by atoms with Crippen LogP contribution in [0.3, 0.4) is 0 Å². The maximum Gasteiger partial charge on any atom is 0.335 e. The Morgan fingerprint density at radius 3 is 1.21 bits per heavy atom. The first-order valence-electron chi connectivity index (χ1n) is 31.6. The van der Waals surface area contributed by atoms with Gasteiger partial charge in [-0.1, -0.05) is 217 Å². The summed E-state index contributed by atoms with van der Waals surface area (Å²) in [6.07, 6.45) is 52.1. The Morgan fingerprint density at radius 2 is 0.779 bits per heavy atom. The second-order valence-electron chi connectivity index (χ2n) is 21.7. The average Bonchev–Trinajstić information content (AvgIpc) is 3.42. The smallest absolute Gasteiger partial charge is 0.335 e. The van der Waals surface area contributed by atoms with Crippen molar-refractivity contribution in [3.63, 3.8) is 0 Å². The first-order valence-corrected chi connectivity index (χ1v) is 31.6. The predicted molar refractivity (Wildman–Crippen MR) is 312 cm³/mol. The van der Waals surface area contributed by atoms with Crippen molar-refractivity contribution in [1.82, 2.24) is 0 Å². The lowest BCUT2D eigenvalue weighted by Gasteiger charge is -2.40. The van der Waals surface area contributed by atoms with E-state index in [-0.39, 0.29) is 25.9 Å². The van der Waals surface area contributed by atoms with Gasteiger partial charge in [-0.2, -0.15) is 0 Å². The fourth-order valence-electron chi connectivity index (χ4n) is 9.45. The van der Waals surface area contributed by atoms with E-state index in [2.05, 4.69) is 69.4 Å². The number of aliphatic hydroxyl groups excluding tert-OH is 2. The fourth-order valence-corrected chi connectivity index (χ4v) is 9.45. The molecule has 1 saturated heterocycles. The van der Waals surface area contributed by atoms with Crippen LogP contribution in [0.5, 0.6) is 0 Å². The highest BCUT2D eigenvalue weighted by atomic mass is 16.7. The molecule has 0 spiro atoms. The second-order valence-corrected chi connectivity index (χ2v) is 21.7. The normalized spacial score (nSPS) is 18.3. The molecule has 1 fully saturated rings. The third-order valence-corrected chi connectivity index (χ3v) is 14.3. The highest BCUT2D eigenvalue weighted by molar-refractivity contribution is 5.74. The molecule has 1 aliphatic heterocycles. The summed E-state index contributed by atoms with van der Waals surface area (Å²) in [5, 5.41) is 31.5. The van der Waals surface area contributed by atoms with Gasteiger partial charge in [0.15, 0.2) is 24.6 Å². The molecule has 0 aromatic rings. The van der Waals surface area contributed by atoms with Crippen LogP contribution < -0.4 is 0 Å². The van der Waals surface area contributed by atoms with Crippen molar-refractivity contribution in [2.45, 2.75) is 327 Å². The summed E-state index contributed by atoms with van der Waals surface area (Å²) in [6.45, 7) is 5.96. The average molecular weight is 1090 g/mol. The summed E-state index contributed by atoms with van der Waals surface area (Å²) >= 11 is 0. The molecule has 6 unspecified atom stereocenters. The third kappa shape index (κ3) is 43.2. The van der Waals surface area contributed by atoms with Crippen molar-refractivity contribution in [2.24, 2.45) is 0 Å². The minimum absolute atomic E-state index is 0.0546. The van der Waals surface area contributed by atoms with Crippen LogP contribution in [0.2, 0.25) is 0 Å². The van der Waals surface area contributed by atoms with Crippen LogP contribution in [0.4, 0.5) is 0 Å². The van der Waals surface area contributed by atoms with Gasteiger partial charge in [-0.3, -0.25) is 14.4 Å². The van der Waals surface area contributed by atoms with E-state index in [0.717, 1.165) is 116 Å². The van der Waals surface area contributed by atoms with Crippen molar-refractivity contribution >= 4 is 23.9 Å². The van der Waals surface area contributed by atoms with Crippen LogP contribution >= 0.6 is 0 Å². The van der Waals surface area contributed by atoms with Gasteiger partial charge in [0.1, 0.15) is 18.8 Å². The minimum atomic E-state index is -1.91. The lowest BCUT2D eigenvalue weighted by atomic mass is 9.98. The number of carboxylic acids is 1. The third-order valence-electron chi connectivity index (χ3n) is 14.3. The molecule has 0 bridgehead atoms. The van der Waals surface area contributed by atoms with Gasteiger partial charge in [0.05, 0.1) is 6.61 Å². The van der Waals surface area contributed by atoms with Crippen molar-refractivity contribution in [3.05, 3.63) is 48.6 Å². The lowest BCUT2D eigenvalue weighted by Crippen LogP contribution is -2.61. The molecule has 1 rings (SSSR count). The number of allylic oxidation sites excluding steroid dienone is 8. The van der Waals surface area contributed by atoms with E-state index >= 15 is 0 Å².